The maximum absolute atomic E-state index is 10.3. The molecular formula is C9H5N2O2. The molecule has 0 aliphatic heterocycles. The maximum Gasteiger partial charge on any atom is 0.270 e. The number of nitro groups is 1. The normalized spacial score (nSPS) is 8.85. The van der Waals surface area contributed by atoms with Crippen LogP contribution in [0.5, 0.6) is 0 Å². The number of nitriles is 1. The van der Waals surface area contributed by atoms with Crippen LogP contribution in [0.3, 0.4) is 0 Å². The summed E-state index contributed by atoms with van der Waals surface area (Å²) < 4.78 is 0. The number of benzene rings is 1. The van der Waals surface area contributed by atoms with Crippen LogP contribution in [0.4, 0.5) is 5.69 Å². The Balaban J connectivity index is 3.30. The third-order valence-corrected chi connectivity index (χ3v) is 1.52. The topological polar surface area (TPSA) is 66.9 Å². The quantitative estimate of drug-likeness (QED) is 0.505. The summed E-state index contributed by atoms with van der Waals surface area (Å²) in [6.45, 7) is 3.34. The summed E-state index contributed by atoms with van der Waals surface area (Å²) in [4.78, 5) is 9.82. The number of nitrogens with zero attached hydrogens (tertiary/aromatic N) is 2. The second kappa shape index (κ2) is 3.50. The molecule has 0 unspecified atom stereocenters. The summed E-state index contributed by atoms with van der Waals surface area (Å²) >= 11 is 0. The second-order valence-electron chi connectivity index (χ2n) is 2.28. The lowest BCUT2D eigenvalue weighted by molar-refractivity contribution is -0.384. The molecule has 0 fully saturated rings. The molecule has 0 heterocycles. The van der Waals surface area contributed by atoms with E-state index in [2.05, 4.69) is 12.7 Å². The van der Waals surface area contributed by atoms with Crippen molar-refractivity contribution in [3.05, 3.63) is 52.1 Å². The largest absolute Gasteiger partial charge is 0.270 e. The molecule has 0 bridgehead atoms. The lowest BCUT2D eigenvalue weighted by Crippen LogP contribution is -1.90. The van der Waals surface area contributed by atoms with Gasteiger partial charge in [0, 0.05) is 17.7 Å². The Kier molecular flexibility index (Phi) is 2.41. The van der Waals surface area contributed by atoms with Crippen LogP contribution in [0.2, 0.25) is 0 Å². The van der Waals surface area contributed by atoms with Crippen LogP contribution in [0, 0.1) is 27.5 Å². The van der Waals surface area contributed by atoms with Crippen LogP contribution in [0.1, 0.15) is 11.1 Å². The number of hydrogen-bond acceptors (Lipinski definition) is 3. The molecule has 1 aromatic rings. The van der Waals surface area contributed by atoms with Crippen molar-refractivity contribution in [1.82, 2.24) is 0 Å². The SMILES string of the molecule is C=[C]c1cc([N+](=O)[O-])ccc1C#N. The van der Waals surface area contributed by atoms with Crippen molar-refractivity contribution in [1.29, 1.82) is 5.26 Å². The van der Waals surface area contributed by atoms with Crippen LogP contribution >= 0.6 is 0 Å². The molecule has 63 valence electrons. The molecule has 4 nitrogen and oxygen atoms in total. The summed E-state index contributed by atoms with van der Waals surface area (Å²) in [7, 11) is 0. The molecule has 0 saturated heterocycles. The Bertz CT molecular complexity index is 405. The van der Waals surface area contributed by atoms with Crippen molar-refractivity contribution in [2.24, 2.45) is 0 Å². The first kappa shape index (κ1) is 8.94. The molecule has 0 aliphatic carbocycles. The van der Waals surface area contributed by atoms with Crippen molar-refractivity contribution >= 4 is 5.69 Å². The van der Waals surface area contributed by atoms with Gasteiger partial charge < -0.3 is 0 Å². The summed E-state index contributed by atoms with van der Waals surface area (Å²) in [6, 6.07) is 5.81. The van der Waals surface area contributed by atoms with E-state index in [-0.39, 0.29) is 5.69 Å². The minimum atomic E-state index is -0.526. The van der Waals surface area contributed by atoms with Crippen molar-refractivity contribution in [2.75, 3.05) is 0 Å². The van der Waals surface area contributed by atoms with E-state index in [0.29, 0.717) is 11.1 Å². The molecule has 0 N–H and O–H groups in total. The number of non-ortho nitro benzene ring substituents is 1. The van der Waals surface area contributed by atoms with Crippen molar-refractivity contribution < 1.29 is 4.92 Å². The molecule has 0 amide bonds. The molecule has 0 saturated carbocycles. The van der Waals surface area contributed by atoms with Crippen molar-refractivity contribution in [2.45, 2.75) is 0 Å². The van der Waals surface area contributed by atoms with E-state index in [0.717, 1.165) is 0 Å². The van der Waals surface area contributed by atoms with E-state index >= 15 is 0 Å². The Morgan fingerprint density at radius 1 is 1.46 bits per heavy atom. The van der Waals surface area contributed by atoms with E-state index in [1.165, 1.54) is 18.2 Å². The van der Waals surface area contributed by atoms with Gasteiger partial charge in [-0.3, -0.25) is 10.1 Å². The third-order valence-electron chi connectivity index (χ3n) is 1.52. The van der Waals surface area contributed by atoms with Gasteiger partial charge in [0.25, 0.3) is 5.69 Å². The molecule has 0 aliphatic rings. The van der Waals surface area contributed by atoms with Crippen LogP contribution in [-0.4, -0.2) is 4.92 Å². The van der Waals surface area contributed by atoms with Crippen molar-refractivity contribution in [3.63, 3.8) is 0 Å². The average Bonchev–Trinajstić information content (AvgIpc) is 2.16. The fourth-order valence-electron chi connectivity index (χ4n) is 0.890. The molecule has 0 atom stereocenters. The third kappa shape index (κ3) is 1.71. The first-order chi connectivity index (χ1) is 6.19. The highest BCUT2D eigenvalue weighted by Crippen LogP contribution is 2.16. The lowest BCUT2D eigenvalue weighted by Gasteiger charge is -1.95. The zero-order valence-electron chi connectivity index (χ0n) is 6.65. The molecule has 1 radical (unpaired) electrons. The maximum atomic E-state index is 10.3. The number of nitro benzene ring substituents is 1. The first-order valence-corrected chi connectivity index (χ1v) is 3.40. The van der Waals surface area contributed by atoms with E-state index in [1.807, 2.05) is 6.07 Å². The molecule has 0 spiro atoms. The Hall–Kier alpha value is -2.15. The minimum Gasteiger partial charge on any atom is -0.258 e. The number of hydrogen-bond donors (Lipinski definition) is 0. The van der Waals surface area contributed by atoms with Gasteiger partial charge in [0.05, 0.1) is 16.6 Å². The fraction of sp³-hybridized carbons (Fsp3) is 0. The zero-order valence-corrected chi connectivity index (χ0v) is 6.65. The Labute approximate surface area is 74.9 Å². The lowest BCUT2D eigenvalue weighted by atomic mass is 10.1. The summed E-state index contributed by atoms with van der Waals surface area (Å²) in [5.74, 6) is 0. The highest BCUT2D eigenvalue weighted by Gasteiger charge is 2.07. The molecule has 1 aromatic carbocycles. The second-order valence-corrected chi connectivity index (χ2v) is 2.28. The summed E-state index contributed by atoms with van der Waals surface area (Å²) in [5, 5.41) is 18.9. The number of rotatable bonds is 2. The molecule has 13 heavy (non-hydrogen) atoms. The van der Waals surface area contributed by atoms with Gasteiger partial charge in [-0.1, -0.05) is 6.58 Å². The monoisotopic (exact) mass is 173 g/mol. The standard InChI is InChI=1S/C9H5N2O2/c1-2-7-5-9(11(12)13)4-3-8(7)6-10/h3-5H,1H2. The van der Waals surface area contributed by atoms with Gasteiger partial charge >= 0.3 is 0 Å². The van der Waals surface area contributed by atoms with E-state index in [1.54, 1.807) is 0 Å². The van der Waals surface area contributed by atoms with E-state index in [9.17, 15) is 10.1 Å². The van der Waals surface area contributed by atoms with Gasteiger partial charge in [0.1, 0.15) is 0 Å². The summed E-state index contributed by atoms with van der Waals surface area (Å²) in [5.41, 5.74) is 0.627. The van der Waals surface area contributed by atoms with Gasteiger partial charge in [-0.25, -0.2) is 0 Å². The Morgan fingerprint density at radius 2 is 2.15 bits per heavy atom. The van der Waals surface area contributed by atoms with Crippen LogP contribution in [0.15, 0.2) is 24.8 Å². The molecule has 0 aromatic heterocycles. The average molecular weight is 173 g/mol. The predicted octanol–water partition coefficient (Wildman–Crippen LogP) is 1.80. The minimum absolute atomic E-state index is 0.0647. The van der Waals surface area contributed by atoms with Gasteiger partial charge in [-0.15, -0.1) is 0 Å². The molecule has 1 rings (SSSR count). The van der Waals surface area contributed by atoms with Crippen LogP contribution in [0.25, 0.3) is 0 Å². The smallest absolute Gasteiger partial charge is 0.258 e. The van der Waals surface area contributed by atoms with Gasteiger partial charge in [-0.2, -0.15) is 5.26 Å². The molecule has 4 heteroatoms. The zero-order chi connectivity index (χ0) is 9.84. The highest BCUT2D eigenvalue weighted by molar-refractivity contribution is 5.47. The van der Waals surface area contributed by atoms with Crippen molar-refractivity contribution in [3.8, 4) is 6.07 Å². The predicted molar refractivity (Wildman–Crippen MR) is 45.8 cm³/mol. The molecular weight excluding hydrogens is 168 g/mol. The van der Waals surface area contributed by atoms with Gasteiger partial charge in [0.15, 0.2) is 0 Å². The van der Waals surface area contributed by atoms with E-state index < -0.39 is 4.92 Å². The van der Waals surface area contributed by atoms with Crippen LogP contribution < -0.4 is 0 Å². The summed E-state index contributed by atoms with van der Waals surface area (Å²) in [6.07, 6.45) is 2.46. The van der Waals surface area contributed by atoms with Gasteiger partial charge in [-0.05, 0) is 12.1 Å². The fourth-order valence-corrected chi connectivity index (χ4v) is 0.890. The van der Waals surface area contributed by atoms with Crippen LogP contribution in [-0.2, 0) is 0 Å². The van der Waals surface area contributed by atoms with Gasteiger partial charge in [0.2, 0.25) is 0 Å². The highest BCUT2D eigenvalue weighted by atomic mass is 16.6. The van der Waals surface area contributed by atoms with E-state index in [4.69, 9.17) is 5.26 Å². The Morgan fingerprint density at radius 3 is 2.62 bits per heavy atom. The first-order valence-electron chi connectivity index (χ1n) is 3.40.